The molecule has 3 aromatic rings. The Morgan fingerprint density at radius 1 is 1.21 bits per heavy atom. The fourth-order valence-corrected chi connectivity index (χ4v) is 3.42. The highest BCUT2D eigenvalue weighted by molar-refractivity contribution is 6.15. The molecule has 0 unspecified atom stereocenters. The van der Waals surface area contributed by atoms with Gasteiger partial charge in [0.25, 0.3) is 0 Å². The van der Waals surface area contributed by atoms with Gasteiger partial charge in [-0.05, 0) is 43.3 Å². The number of aryl methyl sites for hydroxylation is 1. The van der Waals surface area contributed by atoms with Crippen LogP contribution >= 0.6 is 0 Å². The summed E-state index contributed by atoms with van der Waals surface area (Å²) in [6, 6.07) is 9.03. The molecular weight excluding hydrogens is 358 g/mol. The molecule has 0 spiro atoms. The van der Waals surface area contributed by atoms with E-state index in [1.165, 1.54) is 6.92 Å². The van der Waals surface area contributed by atoms with Crippen molar-refractivity contribution in [1.82, 2.24) is 4.57 Å². The number of ether oxygens (including phenoxy) is 3. The van der Waals surface area contributed by atoms with Gasteiger partial charge in [0, 0.05) is 42.2 Å². The van der Waals surface area contributed by atoms with E-state index in [0.29, 0.717) is 22.6 Å². The van der Waals surface area contributed by atoms with Crippen LogP contribution in [0.4, 0.5) is 0 Å². The predicted molar refractivity (Wildman–Crippen MR) is 105 cm³/mol. The van der Waals surface area contributed by atoms with Crippen molar-refractivity contribution < 1.29 is 23.8 Å². The molecule has 4 rings (SSSR count). The molecule has 0 amide bonds. The van der Waals surface area contributed by atoms with Crippen molar-refractivity contribution in [3.63, 3.8) is 0 Å². The molecule has 0 bridgehead atoms. The van der Waals surface area contributed by atoms with Crippen LogP contribution in [0.15, 0.2) is 42.3 Å². The first-order chi connectivity index (χ1) is 13.4. The summed E-state index contributed by atoms with van der Waals surface area (Å²) in [5, 5.41) is 0.957. The van der Waals surface area contributed by atoms with Gasteiger partial charge in [0.2, 0.25) is 5.78 Å². The maximum Gasteiger partial charge on any atom is 0.308 e. The zero-order valence-corrected chi connectivity index (χ0v) is 16.0. The molecular formula is C22H19NO5. The van der Waals surface area contributed by atoms with Gasteiger partial charge >= 0.3 is 5.97 Å². The zero-order chi connectivity index (χ0) is 20.0. The lowest BCUT2D eigenvalue weighted by atomic mass is 10.1. The van der Waals surface area contributed by atoms with Crippen molar-refractivity contribution in [2.45, 2.75) is 13.8 Å². The monoisotopic (exact) mass is 377 g/mol. The van der Waals surface area contributed by atoms with Crippen molar-refractivity contribution in [3.8, 4) is 17.2 Å². The number of esters is 1. The number of fused-ring (bicyclic) bond motifs is 2. The van der Waals surface area contributed by atoms with E-state index in [9.17, 15) is 9.59 Å². The van der Waals surface area contributed by atoms with Crippen molar-refractivity contribution in [2.75, 3.05) is 7.11 Å². The summed E-state index contributed by atoms with van der Waals surface area (Å²) in [6.45, 7) is 3.09. The van der Waals surface area contributed by atoms with E-state index in [4.69, 9.17) is 14.2 Å². The molecule has 28 heavy (non-hydrogen) atoms. The minimum atomic E-state index is -0.423. The van der Waals surface area contributed by atoms with Gasteiger partial charge in [-0.2, -0.15) is 0 Å². The normalized spacial score (nSPS) is 14.3. The van der Waals surface area contributed by atoms with Crippen LogP contribution in [0.2, 0.25) is 0 Å². The number of rotatable bonds is 3. The fourth-order valence-electron chi connectivity index (χ4n) is 3.42. The quantitative estimate of drug-likeness (QED) is 0.392. The highest BCUT2D eigenvalue weighted by Crippen LogP contribution is 2.40. The van der Waals surface area contributed by atoms with E-state index in [0.717, 1.165) is 22.2 Å². The molecule has 0 saturated carbocycles. The Balaban J connectivity index is 1.77. The number of aromatic nitrogens is 1. The number of ketones is 1. The zero-order valence-electron chi connectivity index (χ0n) is 16.0. The van der Waals surface area contributed by atoms with Gasteiger partial charge in [-0.15, -0.1) is 0 Å². The van der Waals surface area contributed by atoms with Crippen LogP contribution in [-0.4, -0.2) is 23.4 Å². The molecule has 0 N–H and O–H groups in total. The molecule has 0 saturated heterocycles. The fraction of sp³-hybridized carbons (Fsp3) is 0.182. The van der Waals surface area contributed by atoms with Gasteiger partial charge in [-0.3, -0.25) is 9.59 Å². The van der Waals surface area contributed by atoms with Crippen LogP contribution in [0.25, 0.3) is 17.0 Å². The number of carbonyl (C=O) groups is 2. The van der Waals surface area contributed by atoms with Crippen LogP contribution in [0.5, 0.6) is 17.2 Å². The average molecular weight is 377 g/mol. The number of Topliss-reactive ketones (excluding diaryl/α,β-unsaturated/α-hetero) is 1. The second kappa shape index (κ2) is 6.56. The maximum absolute atomic E-state index is 12.8. The van der Waals surface area contributed by atoms with E-state index >= 15 is 0 Å². The molecule has 142 valence electrons. The second-order valence-corrected chi connectivity index (χ2v) is 6.68. The molecule has 1 aromatic heterocycles. The lowest BCUT2D eigenvalue weighted by Gasteiger charge is -2.08. The van der Waals surface area contributed by atoms with E-state index in [1.807, 2.05) is 36.0 Å². The van der Waals surface area contributed by atoms with Crippen molar-refractivity contribution in [3.05, 3.63) is 59.0 Å². The van der Waals surface area contributed by atoms with Gasteiger partial charge in [0.15, 0.2) is 5.76 Å². The molecule has 0 atom stereocenters. The molecule has 1 aliphatic rings. The standard InChI is InChI=1S/C22H19NO5/c1-12-19(27-13(2)24)8-6-16-21(25)20(28-22(12)16)9-14-11-23(3)18-7-5-15(26-4)10-17(14)18/h5-11H,1-4H3/b20-9+. The second-order valence-electron chi connectivity index (χ2n) is 6.68. The summed E-state index contributed by atoms with van der Waals surface area (Å²) in [4.78, 5) is 24.1. The van der Waals surface area contributed by atoms with E-state index < -0.39 is 5.97 Å². The summed E-state index contributed by atoms with van der Waals surface area (Å²) < 4.78 is 18.4. The summed E-state index contributed by atoms with van der Waals surface area (Å²) in [7, 11) is 3.56. The molecule has 2 aromatic carbocycles. The minimum absolute atomic E-state index is 0.202. The van der Waals surface area contributed by atoms with Gasteiger partial charge in [-0.25, -0.2) is 0 Å². The molecule has 0 aliphatic carbocycles. The molecule has 1 aliphatic heterocycles. The Bertz CT molecular complexity index is 1170. The van der Waals surface area contributed by atoms with Crippen LogP contribution in [-0.2, 0) is 11.8 Å². The maximum atomic E-state index is 12.8. The van der Waals surface area contributed by atoms with Crippen LogP contribution in [0, 0.1) is 6.92 Å². The summed E-state index contributed by atoms with van der Waals surface area (Å²) in [6.07, 6.45) is 3.67. The Kier molecular flexibility index (Phi) is 4.19. The number of allylic oxidation sites excluding steroid dienone is 1. The Labute approximate surface area is 161 Å². The first-order valence-corrected chi connectivity index (χ1v) is 8.78. The highest BCUT2D eigenvalue weighted by Gasteiger charge is 2.30. The topological polar surface area (TPSA) is 66.8 Å². The number of benzene rings is 2. The third-order valence-electron chi connectivity index (χ3n) is 4.80. The Morgan fingerprint density at radius 2 is 2.00 bits per heavy atom. The van der Waals surface area contributed by atoms with E-state index in [-0.39, 0.29) is 11.5 Å². The molecule has 0 fully saturated rings. The Hall–Kier alpha value is -3.54. The lowest BCUT2D eigenvalue weighted by Crippen LogP contribution is -2.03. The molecule has 0 radical (unpaired) electrons. The number of hydrogen-bond acceptors (Lipinski definition) is 5. The third-order valence-corrected chi connectivity index (χ3v) is 4.80. The smallest absolute Gasteiger partial charge is 0.308 e. The van der Waals surface area contributed by atoms with Crippen LogP contribution in [0.1, 0.15) is 28.4 Å². The lowest BCUT2D eigenvalue weighted by molar-refractivity contribution is -0.131. The first kappa shape index (κ1) is 17.9. The molecule has 6 nitrogen and oxygen atoms in total. The summed E-state index contributed by atoms with van der Waals surface area (Å²) in [5.74, 6) is 1.15. The molecule has 2 heterocycles. The van der Waals surface area contributed by atoms with Gasteiger partial charge < -0.3 is 18.8 Å². The van der Waals surface area contributed by atoms with Crippen molar-refractivity contribution >= 4 is 28.7 Å². The van der Waals surface area contributed by atoms with E-state index in [2.05, 4.69) is 0 Å². The van der Waals surface area contributed by atoms with Crippen LogP contribution < -0.4 is 14.2 Å². The van der Waals surface area contributed by atoms with E-state index in [1.54, 1.807) is 32.2 Å². The molecule has 6 heteroatoms. The first-order valence-electron chi connectivity index (χ1n) is 8.78. The Morgan fingerprint density at radius 3 is 2.71 bits per heavy atom. The van der Waals surface area contributed by atoms with Gasteiger partial charge in [0.1, 0.15) is 17.2 Å². The summed E-state index contributed by atoms with van der Waals surface area (Å²) >= 11 is 0. The number of carbonyl (C=O) groups excluding carboxylic acids is 2. The van der Waals surface area contributed by atoms with Crippen molar-refractivity contribution in [1.29, 1.82) is 0 Å². The minimum Gasteiger partial charge on any atom is -0.497 e. The predicted octanol–water partition coefficient (Wildman–Crippen LogP) is 4.04. The number of methoxy groups -OCH3 is 1. The van der Waals surface area contributed by atoms with Gasteiger partial charge in [0.05, 0.1) is 12.7 Å². The number of hydrogen-bond donors (Lipinski definition) is 0. The summed E-state index contributed by atoms with van der Waals surface area (Å²) in [5.41, 5.74) is 2.94. The largest absolute Gasteiger partial charge is 0.497 e. The van der Waals surface area contributed by atoms with Crippen molar-refractivity contribution in [2.24, 2.45) is 7.05 Å². The highest BCUT2D eigenvalue weighted by atomic mass is 16.5. The van der Waals surface area contributed by atoms with Gasteiger partial charge in [-0.1, -0.05) is 0 Å². The number of nitrogens with zero attached hydrogens (tertiary/aromatic N) is 1. The average Bonchev–Trinajstić information content (AvgIpc) is 3.15. The SMILES string of the molecule is COc1ccc2c(c1)c(/C=C1/Oc3c(ccc(OC(C)=O)c3C)C1=O)cn2C. The third kappa shape index (κ3) is 2.83. The van der Waals surface area contributed by atoms with Crippen LogP contribution in [0.3, 0.4) is 0 Å².